The van der Waals surface area contributed by atoms with E-state index >= 15 is 0 Å². The highest BCUT2D eigenvalue weighted by Gasteiger charge is 2.29. The number of nitrogens with one attached hydrogen (secondary N) is 2. The molecule has 130 valence electrons. The second-order valence-corrected chi connectivity index (χ2v) is 6.77. The number of hydrogen-bond acceptors (Lipinski definition) is 3. The molecule has 2 N–H and O–H groups in total. The van der Waals surface area contributed by atoms with Crippen molar-refractivity contribution in [3.63, 3.8) is 0 Å². The minimum atomic E-state index is -0.177. The minimum Gasteiger partial charge on any atom is -0.353 e. The van der Waals surface area contributed by atoms with E-state index in [1.54, 1.807) is 17.2 Å². The van der Waals surface area contributed by atoms with Crippen LogP contribution in [-0.2, 0) is 4.79 Å². The third kappa shape index (κ3) is 4.46. The van der Waals surface area contributed by atoms with Gasteiger partial charge in [-0.15, -0.1) is 0 Å². The summed E-state index contributed by atoms with van der Waals surface area (Å²) < 4.78 is 0. The number of pyridine rings is 1. The maximum absolute atomic E-state index is 12.5. The number of piperidine rings is 1. The lowest BCUT2D eigenvalue weighted by Crippen LogP contribution is -2.48. The molecule has 2 fully saturated rings. The number of hydrogen-bond donors (Lipinski definition) is 2. The highest BCUT2D eigenvalue weighted by atomic mass is 16.2. The second kappa shape index (κ2) is 8.13. The van der Waals surface area contributed by atoms with E-state index in [2.05, 4.69) is 15.6 Å². The van der Waals surface area contributed by atoms with Gasteiger partial charge in [-0.25, -0.2) is 9.78 Å². The average Bonchev–Trinajstić information content (AvgIpc) is 2.63. The Labute approximate surface area is 143 Å². The Hall–Kier alpha value is -2.11. The standard InChI is InChI=1S/C18H26N4O2/c23-17(20-15-8-2-1-3-9-15)14-7-6-12-22(13-14)18(24)21-16-10-4-5-11-19-16/h4-5,10-11,14-15H,1-3,6-9,12-13H2,(H,20,23)(H,19,21,24)/t14-/m0/s1. The lowest BCUT2D eigenvalue weighted by atomic mass is 9.93. The molecule has 2 heterocycles. The van der Waals surface area contributed by atoms with Crippen LogP contribution in [0, 0.1) is 5.92 Å². The average molecular weight is 330 g/mol. The molecule has 6 heteroatoms. The molecule has 1 saturated heterocycles. The molecule has 3 amide bonds. The Morgan fingerprint density at radius 1 is 1.08 bits per heavy atom. The summed E-state index contributed by atoms with van der Waals surface area (Å²) >= 11 is 0. The van der Waals surface area contributed by atoms with Gasteiger partial charge in [-0.2, -0.15) is 0 Å². The van der Waals surface area contributed by atoms with Gasteiger partial charge in [0.05, 0.1) is 5.92 Å². The van der Waals surface area contributed by atoms with Crippen molar-refractivity contribution in [1.29, 1.82) is 0 Å². The van der Waals surface area contributed by atoms with Crippen molar-refractivity contribution >= 4 is 17.8 Å². The number of likely N-dealkylation sites (tertiary alicyclic amines) is 1. The first-order valence-electron chi connectivity index (χ1n) is 9.00. The summed E-state index contributed by atoms with van der Waals surface area (Å²) in [6, 6.07) is 5.55. The predicted molar refractivity (Wildman–Crippen MR) is 92.6 cm³/mol. The first-order chi connectivity index (χ1) is 11.7. The smallest absolute Gasteiger partial charge is 0.323 e. The molecule has 2 aliphatic rings. The number of aromatic nitrogens is 1. The third-order valence-electron chi connectivity index (χ3n) is 4.93. The van der Waals surface area contributed by atoms with Crippen molar-refractivity contribution in [2.75, 3.05) is 18.4 Å². The van der Waals surface area contributed by atoms with Gasteiger partial charge in [-0.05, 0) is 37.8 Å². The molecule has 0 radical (unpaired) electrons. The normalized spacial score (nSPS) is 22.0. The number of urea groups is 1. The van der Waals surface area contributed by atoms with E-state index in [1.807, 2.05) is 12.1 Å². The first kappa shape index (κ1) is 16.7. The van der Waals surface area contributed by atoms with E-state index in [9.17, 15) is 9.59 Å². The summed E-state index contributed by atoms with van der Waals surface area (Å²) in [4.78, 5) is 30.7. The highest BCUT2D eigenvalue weighted by molar-refractivity contribution is 5.89. The van der Waals surface area contributed by atoms with Crippen LogP contribution in [0.25, 0.3) is 0 Å². The molecule has 0 aromatic carbocycles. The topological polar surface area (TPSA) is 74.3 Å². The Morgan fingerprint density at radius 3 is 2.67 bits per heavy atom. The van der Waals surface area contributed by atoms with E-state index in [0.717, 1.165) is 25.7 Å². The Kier molecular flexibility index (Phi) is 5.67. The van der Waals surface area contributed by atoms with Crippen LogP contribution in [0.3, 0.4) is 0 Å². The van der Waals surface area contributed by atoms with Crippen molar-refractivity contribution < 1.29 is 9.59 Å². The van der Waals surface area contributed by atoms with Crippen LogP contribution in [0.15, 0.2) is 24.4 Å². The fourth-order valence-electron chi connectivity index (χ4n) is 3.57. The molecule has 1 aromatic rings. The van der Waals surface area contributed by atoms with Crippen LogP contribution in [0.4, 0.5) is 10.6 Å². The van der Waals surface area contributed by atoms with Crippen molar-refractivity contribution in [1.82, 2.24) is 15.2 Å². The molecule has 0 bridgehead atoms. The summed E-state index contributed by atoms with van der Waals surface area (Å²) in [5.74, 6) is 0.545. The molecule has 0 unspecified atom stereocenters. The monoisotopic (exact) mass is 330 g/mol. The summed E-state index contributed by atoms with van der Waals surface area (Å²) in [5.41, 5.74) is 0. The van der Waals surface area contributed by atoms with Crippen molar-refractivity contribution in [3.05, 3.63) is 24.4 Å². The molecule has 1 aliphatic carbocycles. The third-order valence-corrected chi connectivity index (χ3v) is 4.93. The van der Waals surface area contributed by atoms with Gasteiger partial charge < -0.3 is 10.2 Å². The molecule has 6 nitrogen and oxygen atoms in total. The minimum absolute atomic E-state index is 0.102. The van der Waals surface area contributed by atoms with Gasteiger partial charge >= 0.3 is 6.03 Å². The van der Waals surface area contributed by atoms with Crippen LogP contribution in [0.5, 0.6) is 0 Å². The maximum atomic E-state index is 12.5. The molecule has 1 aliphatic heterocycles. The SMILES string of the molecule is O=C(NC1CCCCC1)[C@H]1CCCN(C(=O)Nc2ccccn2)C1. The van der Waals surface area contributed by atoms with Gasteiger partial charge in [-0.1, -0.05) is 25.3 Å². The zero-order valence-electron chi connectivity index (χ0n) is 14.0. The van der Waals surface area contributed by atoms with Crippen LogP contribution in [-0.4, -0.2) is 41.0 Å². The summed E-state index contributed by atoms with van der Waals surface area (Å²) in [7, 11) is 0. The van der Waals surface area contributed by atoms with Gasteiger partial charge in [0.25, 0.3) is 0 Å². The van der Waals surface area contributed by atoms with Crippen molar-refractivity contribution in [2.24, 2.45) is 5.92 Å². The zero-order valence-corrected chi connectivity index (χ0v) is 14.0. The number of carbonyl (C=O) groups excluding carboxylic acids is 2. The van der Waals surface area contributed by atoms with Crippen LogP contribution in [0.2, 0.25) is 0 Å². The van der Waals surface area contributed by atoms with Gasteiger partial charge in [-0.3, -0.25) is 10.1 Å². The predicted octanol–water partition coefficient (Wildman–Crippen LogP) is 2.77. The zero-order chi connectivity index (χ0) is 16.8. The van der Waals surface area contributed by atoms with E-state index in [0.29, 0.717) is 24.9 Å². The summed E-state index contributed by atoms with van der Waals surface area (Å²) in [6.07, 6.45) is 9.21. The molecular weight excluding hydrogens is 304 g/mol. The lowest BCUT2D eigenvalue weighted by Gasteiger charge is -2.33. The number of anilines is 1. The Bertz CT molecular complexity index is 557. The van der Waals surface area contributed by atoms with Crippen LogP contribution in [0.1, 0.15) is 44.9 Å². The maximum Gasteiger partial charge on any atom is 0.323 e. The van der Waals surface area contributed by atoms with Crippen molar-refractivity contribution in [2.45, 2.75) is 51.0 Å². The van der Waals surface area contributed by atoms with Gasteiger partial charge in [0.2, 0.25) is 5.91 Å². The van der Waals surface area contributed by atoms with Gasteiger partial charge in [0.1, 0.15) is 5.82 Å². The first-order valence-corrected chi connectivity index (χ1v) is 9.00. The van der Waals surface area contributed by atoms with Gasteiger partial charge in [0, 0.05) is 25.3 Å². The number of carbonyl (C=O) groups is 2. The van der Waals surface area contributed by atoms with Gasteiger partial charge in [0.15, 0.2) is 0 Å². The second-order valence-electron chi connectivity index (χ2n) is 6.77. The number of rotatable bonds is 3. The van der Waals surface area contributed by atoms with E-state index in [1.165, 1.54) is 19.3 Å². The van der Waals surface area contributed by atoms with Crippen LogP contribution >= 0.6 is 0 Å². The Morgan fingerprint density at radius 2 is 1.92 bits per heavy atom. The number of amides is 3. The van der Waals surface area contributed by atoms with Crippen molar-refractivity contribution in [3.8, 4) is 0 Å². The molecular formula is C18H26N4O2. The summed E-state index contributed by atoms with van der Waals surface area (Å²) in [6.45, 7) is 1.17. The molecule has 3 rings (SSSR count). The molecule has 0 spiro atoms. The lowest BCUT2D eigenvalue weighted by molar-refractivity contribution is -0.127. The largest absolute Gasteiger partial charge is 0.353 e. The molecule has 1 saturated carbocycles. The summed E-state index contributed by atoms with van der Waals surface area (Å²) in [5, 5.41) is 5.98. The van der Waals surface area contributed by atoms with E-state index in [4.69, 9.17) is 0 Å². The quantitative estimate of drug-likeness (QED) is 0.895. The highest BCUT2D eigenvalue weighted by Crippen LogP contribution is 2.21. The van der Waals surface area contributed by atoms with Crippen LogP contribution < -0.4 is 10.6 Å². The fourth-order valence-corrected chi connectivity index (χ4v) is 3.57. The van der Waals surface area contributed by atoms with E-state index < -0.39 is 0 Å². The number of nitrogens with zero attached hydrogens (tertiary/aromatic N) is 2. The molecule has 1 atom stereocenters. The molecule has 24 heavy (non-hydrogen) atoms. The van der Waals surface area contributed by atoms with E-state index in [-0.39, 0.29) is 17.9 Å². The molecule has 1 aromatic heterocycles. The fraction of sp³-hybridized carbons (Fsp3) is 0.611. The Balaban J connectivity index is 1.51.